The lowest BCUT2D eigenvalue weighted by atomic mass is 9.98. The number of nitrogens with one attached hydrogen (secondary N) is 2. The van der Waals surface area contributed by atoms with Crippen molar-refractivity contribution >= 4 is 23.7 Å². The zero-order valence-electron chi connectivity index (χ0n) is 19.1. The smallest absolute Gasteiger partial charge is 0.411 e. The minimum Gasteiger partial charge on any atom is -0.480 e. The molecule has 178 valence electrons. The Balaban J connectivity index is 1.19. The van der Waals surface area contributed by atoms with Gasteiger partial charge < -0.3 is 15.2 Å². The van der Waals surface area contributed by atoms with Crippen molar-refractivity contribution in [3.63, 3.8) is 0 Å². The normalized spacial score (nSPS) is 15.0. The molecule has 0 bridgehead atoms. The van der Waals surface area contributed by atoms with Crippen molar-refractivity contribution in [1.29, 1.82) is 0 Å². The molecule has 5 rings (SSSR count). The number of aliphatic carboxylic acids is 1. The van der Waals surface area contributed by atoms with Crippen LogP contribution in [0.3, 0.4) is 0 Å². The Morgan fingerprint density at radius 3 is 2.20 bits per heavy atom. The minimum absolute atomic E-state index is 0.0121. The first-order valence-electron chi connectivity index (χ1n) is 11.7. The summed E-state index contributed by atoms with van der Waals surface area (Å²) in [5.74, 6) is -1.39. The van der Waals surface area contributed by atoms with Crippen LogP contribution in [0.5, 0.6) is 0 Å². The van der Waals surface area contributed by atoms with E-state index in [9.17, 15) is 19.5 Å². The predicted molar refractivity (Wildman–Crippen MR) is 131 cm³/mol. The topological polar surface area (TPSA) is 105 Å². The molecular formula is C28H26N2O5. The number of hydrogen-bond acceptors (Lipinski definition) is 4. The summed E-state index contributed by atoms with van der Waals surface area (Å²) >= 11 is 0. The molecule has 0 aromatic heterocycles. The fourth-order valence-electron chi connectivity index (χ4n) is 4.73. The molecule has 7 heteroatoms. The highest BCUT2D eigenvalue weighted by Crippen LogP contribution is 2.44. The first-order valence-corrected chi connectivity index (χ1v) is 11.7. The number of carbonyl (C=O) groups is 3. The molecule has 0 spiro atoms. The average molecular weight is 471 g/mol. The van der Waals surface area contributed by atoms with E-state index in [1.54, 1.807) is 24.3 Å². The number of hydrogen-bond donors (Lipinski definition) is 3. The predicted octanol–water partition coefficient (Wildman–Crippen LogP) is 4.57. The van der Waals surface area contributed by atoms with Crippen LogP contribution >= 0.6 is 0 Å². The third-order valence-electron chi connectivity index (χ3n) is 6.56. The van der Waals surface area contributed by atoms with Gasteiger partial charge in [-0.3, -0.25) is 10.1 Å². The molecule has 1 saturated carbocycles. The molecule has 0 saturated heterocycles. The van der Waals surface area contributed by atoms with E-state index in [0.29, 0.717) is 11.3 Å². The number of carboxylic acids is 1. The van der Waals surface area contributed by atoms with Crippen molar-refractivity contribution in [3.05, 3.63) is 89.5 Å². The number of carbonyl (C=O) groups excluding carboxylic acids is 2. The van der Waals surface area contributed by atoms with Gasteiger partial charge in [-0.1, -0.05) is 60.7 Å². The lowest BCUT2D eigenvalue weighted by Gasteiger charge is -2.15. The first-order chi connectivity index (χ1) is 17.0. The summed E-state index contributed by atoms with van der Waals surface area (Å²) in [5, 5.41) is 14.6. The van der Waals surface area contributed by atoms with E-state index >= 15 is 0 Å². The van der Waals surface area contributed by atoms with Gasteiger partial charge in [0.15, 0.2) is 0 Å². The molecule has 3 N–H and O–H groups in total. The second-order valence-electron chi connectivity index (χ2n) is 9.05. The third kappa shape index (κ3) is 5.04. The van der Waals surface area contributed by atoms with Crippen LogP contribution in [0.1, 0.15) is 35.4 Å². The highest BCUT2D eigenvalue weighted by Gasteiger charge is 2.37. The van der Waals surface area contributed by atoms with E-state index in [1.807, 2.05) is 24.3 Å². The molecule has 0 heterocycles. The van der Waals surface area contributed by atoms with Gasteiger partial charge in [0.2, 0.25) is 5.91 Å². The van der Waals surface area contributed by atoms with Gasteiger partial charge in [0, 0.05) is 11.6 Å². The van der Waals surface area contributed by atoms with E-state index in [0.717, 1.165) is 35.1 Å². The second kappa shape index (κ2) is 9.62. The number of rotatable bonds is 8. The van der Waals surface area contributed by atoms with Crippen molar-refractivity contribution in [2.75, 3.05) is 11.9 Å². The number of benzene rings is 3. The molecular weight excluding hydrogens is 444 g/mol. The van der Waals surface area contributed by atoms with Gasteiger partial charge in [0.25, 0.3) is 0 Å². The Morgan fingerprint density at radius 2 is 1.57 bits per heavy atom. The summed E-state index contributed by atoms with van der Waals surface area (Å²) in [6.07, 6.45) is 1.08. The Labute approximate surface area is 203 Å². The summed E-state index contributed by atoms with van der Waals surface area (Å²) in [4.78, 5) is 36.3. The van der Waals surface area contributed by atoms with Gasteiger partial charge >= 0.3 is 12.1 Å². The van der Waals surface area contributed by atoms with Crippen LogP contribution in [0.25, 0.3) is 11.1 Å². The molecule has 0 radical (unpaired) electrons. The molecule has 1 unspecified atom stereocenters. The monoisotopic (exact) mass is 470 g/mol. The van der Waals surface area contributed by atoms with Crippen LogP contribution < -0.4 is 10.6 Å². The number of ether oxygens (including phenoxy) is 1. The average Bonchev–Trinajstić information content (AvgIpc) is 3.64. The van der Waals surface area contributed by atoms with E-state index < -0.39 is 18.1 Å². The van der Waals surface area contributed by atoms with E-state index in [-0.39, 0.29) is 30.8 Å². The molecule has 1 atom stereocenters. The molecule has 3 aromatic carbocycles. The zero-order chi connectivity index (χ0) is 24.4. The number of fused-ring (bicyclic) bond motifs is 3. The summed E-state index contributed by atoms with van der Waals surface area (Å²) in [7, 11) is 0. The number of carboxylic acid groups (broad SMARTS) is 1. The van der Waals surface area contributed by atoms with Crippen molar-refractivity contribution in [1.82, 2.24) is 5.32 Å². The zero-order valence-corrected chi connectivity index (χ0v) is 19.1. The van der Waals surface area contributed by atoms with E-state index in [2.05, 4.69) is 34.9 Å². The fraction of sp³-hybridized carbons (Fsp3) is 0.250. The quantitative estimate of drug-likeness (QED) is 0.447. The van der Waals surface area contributed by atoms with Crippen LogP contribution in [0, 0.1) is 5.92 Å². The Hall–Kier alpha value is -4.13. The standard InChI is InChI=1S/C28H26N2O5/c31-25(30-26(27(32)33)18-12-13-18)15-17-6-5-7-19(14-17)29-28(34)35-16-24-22-10-3-1-8-20(22)21-9-2-4-11-23(21)24/h1-11,14,18,24,26H,12-13,15-16H2,(H,29,34)(H,30,31)(H,32,33). The maximum Gasteiger partial charge on any atom is 0.411 e. The second-order valence-corrected chi connectivity index (χ2v) is 9.05. The van der Waals surface area contributed by atoms with Gasteiger partial charge in [0.05, 0.1) is 6.42 Å². The Morgan fingerprint density at radius 1 is 0.914 bits per heavy atom. The third-order valence-corrected chi connectivity index (χ3v) is 6.56. The molecule has 3 aromatic rings. The summed E-state index contributed by atoms with van der Waals surface area (Å²) in [5.41, 5.74) is 5.77. The van der Waals surface area contributed by atoms with Crippen LogP contribution in [0.15, 0.2) is 72.8 Å². The van der Waals surface area contributed by atoms with Gasteiger partial charge in [-0.2, -0.15) is 0 Å². The minimum atomic E-state index is -1.01. The molecule has 7 nitrogen and oxygen atoms in total. The molecule has 2 aliphatic rings. The maximum atomic E-state index is 12.6. The lowest BCUT2D eigenvalue weighted by Crippen LogP contribution is -2.43. The Bertz CT molecular complexity index is 1240. The van der Waals surface area contributed by atoms with Gasteiger partial charge in [-0.15, -0.1) is 0 Å². The van der Waals surface area contributed by atoms with Crippen molar-refractivity contribution in [2.45, 2.75) is 31.2 Å². The molecule has 2 aliphatic carbocycles. The SMILES string of the molecule is O=C(Cc1cccc(NC(=O)OCC2c3ccccc3-c3ccccc32)c1)NC(C(=O)O)C1CC1. The number of amides is 2. The Kier molecular flexibility index (Phi) is 6.23. The van der Waals surface area contributed by atoms with Crippen molar-refractivity contribution in [2.24, 2.45) is 5.92 Å². The molecule has 0 aliphatic heterocycles. The first kappa shape index (κ1) is 22.7. The highest BCUT2D eigenvalue weighted by atomic mass is 16.5. The highest BCUT2D eigenvalue weighted by molar-refractivity contribution is 5.87. The van der Waals surface area contributed by atoms with E-state index in [1.165, 1.54) is 0 Å². The fourth-order valence-corrected chi connectivity index (χ4v) is 4.73. The van der Waals surface area contributed by atoms with Crippen molar-refractivity contribution in [3.8, 4) is 11.1 Å². The summed E-state index contributed by atoms with van der Waals surface area (Å²) in [6, 6.07) is 22.3. The largest absolute Gasteiger partial charge is 0.480 e. The maximum absolute atomic E-state index is 12.6. The van der Waals surface area contributed by atoms with Crippen LogP contribution in [0.2, 0.25) is 0 Å². The molecule has 1 fully saturated rings. The van der Waals surface area contributed by atoms with Gasteiger partial charge in [-0.05, 0) is 58.7 Å². The van der Waals surface area contributed by atoms with Crippen LogP contribution in [0.4, 0.5) is 10.5 Å². The summed E-state index contributed by atoms with van der Waals surface area (Å²) < 4.78 is 5.58. The summed E-state index contributed by atoms with van der Waals surface area (Å²) in [6.45, 7) is 0.208. The molecule has 35 heavy (non-hydrogen) atoms. The van der Waals surface area contributed by atoms with Gasteiger partial charge in [0.1, 0.15) is 12.6 Å². The van der Waals surface area contributed by atoms with Crippen molar-refractivity contribution < 1.29 is 24.2 Å². The van der Waals surface area contributed by atoms with Gasteiger partial charge in [-0.25, -0.2) is 9.59 Å². The van der Waals surface area contributed by atoms with Crippen LogP contribution in [-0.2, 0) is 20.7 Å². The molecule has 2 amide bonds. The number of anilines is 1. The lowest BCUT2D eigenvalue weighted by molar-refractivity contribution is -0.142. The van der Waals surface area contributed by atoms with Crippen LogP contribution in [-0.4, -0.2) is 35.7 Å². The van der Waals surface area contributed by atoms with E-state index in [4.69, 9.17) is 4.74 Å².